The molecule has 4 nitrogen and oxygen atoms in total. The van der Waals surface area contributed by atoms with Gasteiger partial charge in [-0.15, -0.1) is 0 Å². The molecular weight excluding hydrogens is 426 g/mol. The van der Waals surface area contributed by atoms with Gasteiger partial charge in [0.2, 0.25) is 6.10 Å². The molecule has 1 N–H and O–H groups in total. The number of carbonyl (C=O) groups excluding carboxylic acids is 1. The Labute approximate surface area is 169 Å². The molecule has 0 aromatic heterocycles. The summed E-state index contributed by atoms with van der Waals surface area (Å²) in [5, 5.41) is 2.86. The van der Waals surface area contributed by atoms with Gasteiger partial charge in [0.1, 0.15) is 5.75 Å². The Kier molecular flexibility index (Phi) is 6.42. The Balaban J connectivity index is 1.87. The number of benzene rings is 3. The van der Waals surface area contributed by atoms with Gasteiger partial charge in [-0.2, -0.15) is 0 Å². The van der Waals surface area contributed by atoms with E-state index in [1.807, 2.05) is 48.5 Å². The number of rotatable bonds is 6. The number of halogens is 1. The Hall–Kier alpha value is -2.44. The maximum Gasteiger partial charge on any atom is 0.270 e. The van der Waals surface area contributed by atoms with Gasteiger partial charge < -0.3 is 10.1 Å². The van der Waals surface area contributed by atoms with Crippen molar-refractivity contribution in [2.24, 2.45) is 0 Å². The number of ether oxygens (including phenoxy) is 1. The minimum Gasteiger partial charge on any atom is -0.476 e. The molecule has 0 aliphatic carbocycles. The Bertz CT molecular complexity index is 962. The van der Waals surface area contributed by atoms with Crippen molar-refractivity contribution in [2.45, 2.75) is 11.0 Å². The summed E-state index contributed by atoms with van der Waals surface area (Å²) in [7, 11) is -1.12. The first-order valence-corrected chi connectivity index (χ1v) is 10.6. The summed E-state index contributed by atoms with van der Waals surface area (Å²) in [6.45, 7) is 0. The summed E-state index contributed by atoms with van der Waals surface area (Å²) in [6, 6.07) is 23.6. The van der Waals surface area contributed by atoms with E-state index >= 15 is 0 Å². The van der Waals surface area contributed by atoms with E-state index in [1.54, 1.807) is 36.6 Å². The number of carbonyl (C=O) groups is 1. The molecule has 0 fully saturated rings. The van der Waals surface area contributed by atoms with Crippen molar-refractivity contribution in [1.82, 2.24) is 0 Å². The second kappa shape index (κ2) is 8.97. The Morgan fingerprint density at radius 3 is 2.44 bits per heavy atom. The lowest BCUT2D eigenvalue weighted by molar-refractivity contribution is -0.123. The van der Waals surface area contributed by atoms with E-state index in [-0.39, 0.29) is 5.91 Å². The average molecular weight is 444 g/mol. The van der Waals surface area contributed by atoms with E-state index in [0.29, 0.717) is 16.3 Å². The van der Waals surface area contributed by atoms with Gasteiger partial charge in [0, 0.05) is 37.7 Å². The number of nitrogens with one attached hydrogen (secondary N) is 1. The van der Waals surface area contributed by atoms with Crippen molar-refractivity contribution in [1.29, 1.82) is 0 Å². The van der Waals surface area contributed by atoms with Gasteiger partial charge in [-0.3, -0.25) is 9.00 Å². The fourth-order valence-electron chi connectivity index (χ4n) is 2.54. The Morgan fingerprint density at radius 1 is 1.00 bits per heavy atom. The van der Waals surface area contributed by atoms with Crippen molar-refractivity contribution < 1.29 is 13.7 Å². The van der Waals surface area contributed by atoms with Crippen LogP contribution in [0, 0.1) is 0 Å². The fraction of sp³-hybridized carbons (Fsp3) is 0.0952. The summed E-state index contributed by atoms with van der Waals surface area (Å²) in [5.74, 6) is 0.275. The van der Waals surface area contributed by atoms with Crippen LogP contribution < -0.4 is 10.1 Å². The van der Waals surface area contributed by atoms with Crippen LogP contribution in [0.1, 0.15) is 11.7 Å². The van der Waals surface area contributed by atoms with Crippen molar-refractivity contribution in [2.75, 3.05) is 11.6 Å². The molecule has 1 amide bonds. The third kappa shape index (κ3) is 5.28. The number of hydrogen-bond acceptors (Lipinski definition) is 3. The van der Waals surface area contributed by atoms with Gasteiger partial charge in [0.05, 0.1) is 0 Å². The molecule has 0 aliphatic rings. The monoisotopic (exact) mass is 443 g/mol. The van der Waals surface area contributed by atoms with E-state index in [1.165, 1.54) is 0 Å². The van der Waals surface area contributed by atoms with Crippen LogP contribution in [0.15, 0.2) is 88.2 Å². The van der Waals surface area contributed by atoms with Crippen molar-refractivity contribution in [3.8, 4) is 5.75 Å². The molecule has 6 heteroatoms. The highest BCUT2D eigenvalue weighted by Crippen LogP contribution is 2.26. The zero-order valence-corrected chi connectivity index (χ0v) is 17.0. The normalized spacial score (nSPS) is 12.8. The van der Waals surface area contributed by atoms with Crippen LogP contribution in [-0.4, -0.2) is 16.4 Å². The minimum absolute atomic E-state index is 0.305. The smallest absolute Gasteiger partial charge is 0.270 e. The molecule has 138 valence electrons. The van der Waals surface area contributed by atoms with Gasteiger partial charge in [0.25, 0.3) is 5.91 Å². The molecule has 2 atom stereocenters. The summed E-state index contributed by atoms with van der Waals surface area (Å²) < 4.78 is 18.5. The fourth-order valence-corrected chi connectivity index (χ4v) is 3.48. The lowest BCUT2D eigenvalue weighted by atomic mass is 10.1. The van der Waals surface area contributed by atoms with Crippen molar-refractivity contribution in [3.05, 3.63) is 88.9 Å². The summed E-state index contributed by atoms with van der Waals surface area (Å²) in [6.07, 6.45) is 0.778. The van der Waals surface area contributed by atoms with Crippen LogP contribution in [0.25, 0.3) is 0 Å². The van der Waals surface area contributed by atoms with Crippen LogP contribution in [0.5, 0.6) is 5.75 Å². The maximum atomic E-state index is 13.0. The number of hydrogen-bond donors (Lipinski definition) is 1. The molecule has 0 aliphatic heterocycles. The molecular formula is C21H18BrNO3S. The van der Waals surface area contributed by atoms with Gasteiger partial charge >= 0.3 is 0 Å². The van der Waals surface area contributed by atoms with E-state index in [9.17, 15) is 9.00 Å². The zero-order valence-electron chi connectivity index (χ0n) is 14.6. The topological polar surface area (TPSA) is 55.4 Å². The first-order chi connectivity index (χ1) is 13.0. The third-order valence-corrected chi connectivity index (χ3v) is 5.24. The molecule has 0 bridgehead atoms. The average Bonchev–Trinajstić information content (AvgIpc) is 2.67. The van der Waals surface area contributed by atoms with Crippen LogP contribution in [0.3, 0.4) is 0 Å². The zero-order chi connectivity index (χ0) is 19.2. The second-order valence-corrected chi connectivity index (χ2v) is 8.13. The molecule has 0 saturated heterocycles. The molecule has 0 radical (unpaired) electrons. The van der Waals surface area contributed by atoms with E-state index < -0.39 is 16.9 Å². The molecule has 0 saturated carbocycles. The van der Waals surface area contributed by atoms with Crippen LogP contribution in [-0.2, 0) is 15.6 Å². The summed E-state index contributed by atoms with van der Waals surface area (Å²) in [4.78, 5) is 13.6. The molecule has 3 rings (SSSR count). The molecule has 27 heavy (non-hydrogen) atoms. The lowest BCUT2D eigenvalue weighted by Crippen LogP contribution is -2.25. The predicted molar refractivity (Wildman–Crippen MR) is 111 cm³/mol. The first-order valence-electron chi connectivity index (χ1n) is 8.24. The van der Waals surface area contributed by atoms with Crippen molar-refractivity contribution in [3.63, 3.8) is 0 Å². The summed E-state index contributed by atoms with van der Waals surface area (Å²) >= 11 is 3.41. The van der Waals surface area contributed by atoms with Crippen LogP contribution in [0.2, 0.25) is 0 Å². The lowest BCUT2D eigenvalue weighted by Gasteiger charge is -2.19. The van der Waals surface area contributed by atoms with E-state index in [2.05, 4.69) is 21.2 Å². The van der Waals surface area contributed by atoms with Crippen LogP contribution in [0.4, 0.5) is 5.69 Å². The highest BCUT2D eigenvalue weighted by Gasteiger charge is 2.23. The largest absolute Gasteiger partial charge is 0.476 e. The second-order valence-electron chi connectivity index (χ2n) is 5.84. The highest BCUT2D eigenvalue weighted by molar-refractivity contribution is 9.10. The molecule has 0 heterocycles. The standard InChI is InChI=1S/C21H18BrNO3S/c1-27(25)19-12-6-10-17(14-19)23-21(24)20(15-7-3-2-4-8-15)26-18-11-5-9-16(22)13-18/h2-14,20H,1H3,(H,23,24). The number of amides is 1. The Morgan fingerprint density at radius 2 is 1.74 bits per heavy atom. The van der Waals surface area contributed by atoms with E-state index in [4.69, 9.17) is 4.74 Å². The maximum absolute atomic E-state index is 13.0. The molecule has 3 aromatic rings. The SMILES string of the molecule is CS(=O)c1cccc(NC(=O)C(Oc2cccc(Br)c2)c2ccccc2)c1. The summed E-state index contributed by atoms with van der Waals surface area (Å²) in [5.41, 5.74) is 1.32. The minimum atomic E-state index is -1.12. The van der Waals surface area contributed by atoms with Crippen LogP contribution >= 0.6 is 15.9 Å². The molecule has 0 spiro atoms. The molecule has 3 aromatic carbocycles. The van der Waals surface area contributed by atoms with Gasteiger partial charge in [-0.05, 0) is 36.4 Å². The van der Waals surface area contributed by atoms with Gasteiger partial charge in [-0.1, -0.05) is 58.4 Å². The predicted octanol–water partition coefficient (Wildman–Crippen LogP) is 4.95. The van der Waals surface area contributed by atoms with E-state index in [0.717, 1.165) is 10.0 Å². The highest BCUT2D eigenvalue weighted by atomic mass is 79.9. The first kappa shape index (κ1) is 19.3. The van der Waals surface area contributed by atoms with Gasteiger partial charge in [-0.25, -0.2) is 0 Å². The van der Waals surface area contributed by atoms with Gasteiger partial charge in [0.15, 0.2) is 0 Å². The van der Waals surface area contributed by atoms with Crippen molar-refractivity contribution >= 4 is 38.3 Å². The third-order valence-electron chi connectivity index (χ3n) is 3.82. The molecule has 2 unspecified atom stereocenters. The number of anilines is 1. The quantitative estimate of drug-likeness (QED) is 0.586.